The second kappa shape index (κ2) is 5.87. The van der Waals surface area contributed by atoms with Gasteiger partial charge >= 0.3 is 0 Å². The number of hydrogen-bond donors (Lipinski definition) is 1. The lowest BCUT2D eigenvalue weighted by Gasteiger charge is -2.25. The molecule has 0 amide bonds. The van der Waals surface area contributed by atoms with Crippen molar-refractivity contribution in [1.29, 1.82) is 0 Å². The maximum absolute atomic E-state index is 12.5. The number of nitrogens with one attached hydrogen (secondary N) is 1. The van der Waals surface area contributed by atoms with Crippen molar-refractivity contribution in [1.82, 2.24) is 9.78 Å². The first kappa shape index (κ1) is 13.5. The van der Waals surface area contributed by atoms with E-state index in [0.29, 0.717) is 17.6 Å². The molecule has 0 spiro atoms. The van der Waals surface area contributed by atoms with Crippen molar-refractivity contribution in [2.75, 3.05) is 16.8 Å². The van der Waals surface area contributed by atoms with Gasteiger partial charge in [-0.15, -0.1) is 0 Å². The van der Waals surface area contributed by atoms with E-state index in [1.54, 1.807) is 10.9 Å². The zero-order chi connectivity index (χ0) is 13.2. The molecule has 1 unspecified atom stereocenters. The summed E-state index contributed by atoms with van der Waals surface area (Å²) in [7, 11) is 0. The van der Waals surface area contributed by atoms with E-state index >= 15 is 0 Å². The summed E-state index contributed by atoms with van der Waals surface area (Å²) in [6, 6.07) is 0.411. The largest absolute Gasteiger partial charge is 0.376 e. The molecule has 2 heterocycles. The van der Waals surface area contributed by atoms with Crippen LogP contribution in [0.1, 0.15) is 25.7 Å². The third-order valence-electron chi connectivity index (χ3n) is 3.93. The van der Waals surface area contributed by atoms with Crippen LogP contribution in [0.5, 0.6) is 0 Å². The van der Waals surface area contributed by atoms with Crippen molar-refractivity contribution in [3.05, 3.63) is 21.0 Å². The number of thioether (sulfide) groups is 1. The second-order valence-electron chi connectivity index (χ2n) is 5.36. The fourth-order valence-electron chi connectivity index (χ4n) is 2.50. The predicted octanol–water partition coefficient (Wildman–Crippen LogP) is 2.72. The highest BCUT2D eigenvalue weighted by Crippen LogP contribution is 2.28. The van der Waals surface area contributed by atoms with Gasteiger partial charge in [0.25, 0.3) is 5.56 Å². The Balaban J connectivity index is 1.80. The molecule has 1 aromatic heterocycles. The van der Waals surface area contributed by atoms with Crippen LogP contribution in [0.25, 0.3) is 0 Å². The summed E-state index contributed by atoms with van der Waals surface area (Å²) in [5, 5.41) is 7.63. The maximum atomic E-state index is 12.5. The van der Waals surface area contributed by atoms with Gasteiger partial charge in [0.2, 0.25) is 0 Å². The molecular weight excluding hydrogens is 326 g/mol. The Morgan fingerprint density at radius 2 is 2.32 bits per heavy atom. The van der Waals surface area contributed by atoms with Crippen LogP contribution < -0.4 is 10.9 Å². The van der Waals surface area contributed by atoms with Crippen molar-refractivity contribution in [2.24, 2.45) is 5.92 Å². The van der Waals surface area contributed by atoms with Gasteiger partial charge in [0, 0.05) is 18.3 Å². The Hall–Kier alpha value is -0.490. The number of hydrogen-bond acceptors (Lipinski definition) is 4. The molecule has 0 radical (unpaired) electrons. The minimum Gasteiger partial charge on any atom is -0.376 e. The van der Waals surface area contributed by atoms with Gasteiger partial charge in [-0.25, -0.2) is 4.68 Å². The number of anilines is 1. The summed E-state index contributed by atoms with van der Waals surface area (Å²) in [4.78, 5) is 12.5. The highest BCUT2D eigenvalue weighted by molar-refractivity contribution is 9.10. The molecule has 2 fully saturated rings. The molecule has 1 aliphatic heterocycles. The van der Waals surface area contributed by atoms with E-state index in [-0.39, 0.29) is 5.56 Å². The number of nitrogens with zero attached hydrogens (tertiary/aromatic N) is 2. The monoisotopic (exact) mass is 343 g/mol. The quantitative estimate of drug-likeness (QED) is 0.912. The summed E-state index contributed by atoms with van der Waals surface area (Å²) in [6.45, 7) is 0.764. The molecule has 0 bridgehead atoms. The van der Waals surface area contributed by atoms with Gasteiger partial charge in [0.15, 0.2) is 0 Å². The molecule has 1 aliphatic carbocycles. The predicted molar refractivity (Wildman–Crippen MR) is 82.9 cm³/mol. The molecule has 104 valence electrons. The Morgan fingerprint density at radius 1 is 1.47 bits per heavy atom. The van der Waals surface area contributed by atoms with Gasteiger partial charge in [0.05, 0.1) is 10.7 Å². The highest BCUT2D eigenvalue weighted by Gasteiger charge is 2.22. The molecule has 0 aromatic carbocycles. The van der Waals surface area contributed by atoms with E-state index in [1.165, 1.54) is 25.0 Å². The van der Waals surface area contributed by atoms with Gasteiger partial charge in [-0.1, -0.05) is 6.42 Å². The van der Waals surface area contributed by atoms with Crippen molar-refractivity contribution in [2.45, 2.75) is 38.3 Å². The van der Waals surface area contributed by atoms with Crippen LogP contribution in [-0.2, 0) is 6.54 Å². The van der Waals surface area contributed by atoms with Crippen LogP contribution in [0.3, 0.4) is 0 Å². The fourth-order valence-corrected chi connectivity index (χ4v) is 4.03. The van der Waals surface area contributed by atoms with Crippen LogP contribution in [0.4, 0.5) is 5.69 Å². The lowest BCUT2D eigenvalue weighted by molar-refractivity contribution is 0.262. The van der Waals surface area contributed by atoms with Crippen molar-refractivity contribution in [3.8, 4) is 0 Å². The highest BCUT2D eigenvalue weighted by atomic mass is 79.9. The van der Waals surface area contributed by atoms with E-state index < -0.39 is 0 Å². The normalized spacial score (nSPS) is 23.3. The van der Waals surface area contributed by atoms with Crippen LogP contribution in [0.2, 0.25) is 0 Å². The Morgan fingerprint density at radius 3 is 2.95 bits per heavy atom. The number of aromatic nitrogens is 2. The molecule has 1 saturated heterocycles. The van der Waals surface area contributed by atoms with Gasteiger partial charge in [-0.2, -0.15) is 16.9 Å². The van der Waals surface area contributed by atoms with Crippen molar-refractivity contribution < 1.29 is 0 Å². The van der Waals surface area contributed by atoms with Gasteiger partial charge < -0.3 is 5.32 Å². The first-order valence-electron chi connectivity index (χ1n) is 6.84. The minimum absolute atomic E-state index is 0.0122. The van der Waals surface area contributed by atoms with Crippen LogP contribution in [0.15, 0.2) is 15.5 Å². The third kappa shape index (κ3) is 2.99. The Kier molecular flexibility index (Phi) is 4.17. The van der Waals surface area contributed by atoms with E-state index in [0.717, 1.165) is 23.2 Å². The Labute approximate surface area is 125 Å². The lowest BCUT2D eigenvalue weighted by Crippen LogP contribution is -2.33. The summed E-state index contributed by atoms with van der Waals surface area (Å²) >= 11 is 5.38. The SMILES string of the molecule is O=c1c(NC2CCSC2)c(Br)cnn1CC1CCC1. The molecule has 6 heteroatoms. The third-order valence-corrected chi connectivity index (χ3v) is 5.70. The summed E-state index contributed by atoms with van der Waals surface area (Å²) < 4.78 is 2.40. The molecule has 1 aromatic rings. The molecule has 1 atom stereocenters. The lowest BCUT2D eigenvalue weighted by atomic mass is 9.85. The first-order valence-corrected chi connectivity index (χ1v) is 8.78. The van der Waals surface area contributed by atoms with Crippen LogP contribution in [-0.4, -0.2) is 27.3 Å². The summed E-state index contributed by atoms with van der Waals surface area (Å²) in [6.07, 6.45) is 6.62. The standard InChI is InChI=1S/C13H18BrN3OS/c14-11-6-15-17(7-9-2-1-3-9)13(18)12(11)16-10-4-5-19-8-10/h6,9-10,16H,1-5,7-8H2. The van der Waals surface area contributed by atoms with Crippen molar-refractivity contribution >= 4 is 33.4 Å². The van der Waals surface area contributed by atoms with E-state index in [1.807, 2.05) is 11.8 Å². The van der Waals surface area contributed by atoms with Crippen molar-refractivity contribution in [3.63, 3.8) is 0 Å². The van der Waals surface area contributed by atoms with Gasteiger partial charge in [-0.3, -0.25) is 4.79 Å². The molecule has 3 rings (SSSR count). The smallest absolute Gasteiger partial charge is 0.291 e. The average Bonchev–Trinajstić information content (AvgIpc) is 2.84. The van der Waals surface area contributed by atoms with Gasteiger partial charge in [-0.05, 0) is 46.9 Å². The Bertz CT molecular complexity index is 509. The molecular formula is C13H18BrN3OS. The van der Waals surface area contributed by atoms with Gasteiger partial charge in [0.1, 0.15) is 5.69 Å². The summed E-state index contributed by atoms with van der Waals surface area (Å²) in [5.41, 5.74) is 0.694. The maximum Gasteiger partial charge on any atom is 0.291 e. The second-order valence-corrected chi connectivity index (χ2v) is 7.36. The molecule has 19 heavy (non-hydrogen) atoms. The molecule has 1 saturated carbocycles. The number of rotatable bonds is 4. The summed E-state index contributed by atoms with van der Waals surface area (Å²) in [5.74, 6) is 2.90. The van der Waals surface area contributed by atoms with E-state index in [2.05, 4.69) is 26.3 Å². The average molecular weight is 344 g/mol. The fraction of sp³-hybridized carbons (Fsp3) is 0.692. The number of halogens is 1. The molecule has 1 N–H and O–H groups in total. The van der Waals surface area contributed by atoms with E-state index in [9.17, 15) is 4.79 Å². The topological polar surface area (TPSA) is 46.9 Å². The molecule has 2 aliphatic rings. The van der Waals surface area contributed by atoms with Crippen LogP contribution >= 0.6 is 27.7 Å². The molecule has 4 nitrogen and oxygen atoms in total. The minimum atomic E-state index is 0.0122. The zero-order valence-corrected chi connectivity index (χ0v) is 13.2. The zero-order valence-electron chi connectivity index (χ0n) is 10.8. The van der Waals surface area contributed by atoms with E-state index in [4.69, 9.17) is 0 Å². The first-order chi connectivity index (χ1) is 9.24. The van der Waals surface area contributed by atoms with Crippen LogP contribution in [0, 0.1) is 5.92 Å².